The van der Waals surface area contributed by atoms with Gasteiger partial charge in [-0.1, -0.05) is 19.8 Å². The molecule has 1 aromatic heterocycles. The van der Waals surface area contributed by atoms with Crippen molar-refractivity contribution in [2.75, 3.05) is 0 Å². The third kappa shape index (κ3) is 1.84. The average Bonchev–Trinajstić information content (AvgIpc) is 2.70. The molecule has 0 N–H and O–H groups in total. The normalized spacial score (nSPS) is 18.3. The molecule has 0 radical (unpaired) electrons. The molecule has 0 aromatic carbocycles. The van der Waals surface area contributed by atoms with Gasteiger partial charge >= 0.3 is 5.76 Å². The number of fused-ring (bicyclic) bond motifs is 1. The molecule has 0 fully saturated rings. The summed E-state index contributed by atoms with van der Waals surface area (Å²) in [5, 5.41) is 1.85. The minimum Gasteiger partial charge on any atom is -0.398 e. The largest absolute Gasteiger partial charge is 0.420 e. The number of unbranched alkanes of at least 4 members (excludes halogenated alkanes) is 2. The highest BCUT2D eigenvalue weighted by Crippen LogP contribution is 2.22. The van der Waals surface area contributed by atoms with Gasteiger partial charge in [0.05, 0.1) is 0 Å². The molecular formula is C10H13NO3S. The Hall–Kier alpha value is -1.10. The standard InChI is InChI=1S/C10H13NO3S/c1-2-3-4-6-11-8-5-7-15(13)9(8)14-10(11)12/h5,7H,2-4,6H2,1H3. The van der Waals surface area contributed by atoms with Crippen LogP contribution in [-0.2, 0) is 17.3 Å². The molecule has 15 heavy (non-hydrogen) atoms. The highest BCUT2D eigenvalue weighted by molar-refractivity contribution is 7.88. The number of aromatic nitrogens is 1. The van der Waals surface area contributed by atoms with Crippen LogP contribution in [0.15, 0.2) is 19.7 Å². The molecule has 0 saturated carbocycles. The van der Waals surface area contributed by atoms with Crippen molar-refractivity contribution in [3.8, 4) is 0 Å². The van der Waals surface area contributed by atoms with Crippen LogP contribution in [-0.4, -0.2) is 8.78 Å². The van der Waals surface area contributed by atoms with Crippen molar-refractivity contribution in [3.05, 3.63) is 21.7 Å². The molecule has 1 aliphatic heterocycles. The van der Waals surface area contributed by atoms with Gasteiger partial charge in [-0.15, -0.1) is 0 Å². The summed E-state index contributed by atoms with van der Waals surface area (Å²) in [6.45, 7) is 2.75. The number of nitrogens with zero attached hydrogens (tertiary/aromatic N) is 1. The minimum absolute atomic E-state index is 0.302. The van der Waals surface area contributed by atoms with Crippen LogP contribution in [0, 0.1) is 0 Å². The lowest BCUT2D eigenvalue weighted by Crippen LogP contribution is -2.15. The lowest BCUT2D eigenvalue weighted by molar-refractivity contribution is 0.410. The summed E-state index contributed by atoms with van der Waals surface area (Å²) in [7, 11) is -1.26. The molecule has 2 heterocycles. The Labute approximate surface area is 90.1 Å². The van der Waals surface area contributed by atoms with Gasteiger partial charge in [-0.25, -0.2) is 9.00 Å². The SMILES string of the molecule is CCCCCn1c2c(oc1=O)S(=O)C=C2. The molecule has 1 atom stereocenters. The van der Waals surface area contributed by atoms with Crippen molar-refractivity contribution >= 4 is 16.9 Å². The molecule has 0 saturated heterocycles. The van der Waals surface area contributed by atoms with Gasteiger partial charge in [-0.3, -0.25) is 4.57 Å². The second kappa shape index (κ2) is 4.18. The Balaban J connectivity index is 2.25. The fourth-order valence-corrected chi connectivity index (χ4v) is 2.53. The van der Waals surface area contributed by atoms with Crippen molar-refractivity contribution < 1.29 is 8.63 Å². The number of oxazole rings is 1. The molecule has 1 aromatic rings. The highest BCUT2D eigenvalue weighted by Gasteiger charge is 2.22. The summed E-state index contributed by atoms with van der Waals surface area (Å²) in [5.74, 6) is -0.395. The van der Waals surface area contributed by atoms with Crippen LogP contribution in [0.1, 0.15) is 31.9 Å². The maximum Gasteiger partial charge on any atom is 0.420 e. The van der Waals surface area contributed by atoms with Crippen LogP contribution in [0.5, 0.6) is 0 Å². The molecule has 0 bridgehead atoms. The summed E-state index contributed by atoms with van der Waals surface area (Å²) in [6, 6.07) is 0. The molecule has 1 aliphatic rings. The molecule has 82 valence electrons. The lowest BCUT2D eigenvalue weighted by atomic mass is 10.2. The van der Waals surface area contributed by atoms with Crippen LogP contribution in [0.2, 0.25) is 0 Å². The van der Waals surface area contributed by atoms with Gasteiger partial charge in [-0.05, 0) is 12.5 Å². The molecule has 1 unspecified atom stereocenters. The summed E-state index contributed by atoms with van der Waals surface area (Å²) >= 11 is 0. The smallest absolute Gasteiger partial charge is 0.398 e. The summed E-state index contributed by atoms with van der Waals surface area (Å²) in [5.41, 5.74) is 0.675. The van der Waals surface area contributed by atoms with Gasteiger partial charge in [-0.2, -0.15) is 0 Å². The van der Waals surface area contributed by atoms with Crippen molar-refractivity contribution in [2.24, 2.45) is 0 Å². The first-order chi connectivity index (χ1) is 7.24. The predicted molar refractivity (Wildman–Crippen MR) is 57.9 cm³/mol. The summed E-state index contributed by atoms with van der Waals surface area (Å²) in [4.78, 5) is 11.4. The van der Waals surface area contributed by atoms with Gasteiger partial charge < -0.3 is 4.42 Å². The van der Waals surface area contributed by atoms with E-state index in [1.807, 2.05) is 0 Å². The quantitative estimate of drug-likeness (QED) is 0.736. The maximum absolute atomic E-state index is 11.4. The van der Waals surface area contributed by atoms with E-state index in [4.69, 9.17) is 4.42 Å². The zero-order chi connectivity index (χ0) is 10.8. The molecule has 2 rings (SSSR count). The van der Waals surface area contributed by atoms with Crippen molar-refractivity contribution in [3.63, 3.8) is 0 Å². The Morgan fingerprint density at radius 1 is 1.47 bits per heavy atom. The second-order valence-corrected chi connectivity index (χ2v) is 4.74. The lowest BCUT2D eigenvalue weighted by Gasteiger charge is -2.00. The fraction of sp³-hybridized carbons (Fsp3) is 0.500. The van der Waals surface area contributed by atoms with Crippen LogP contribution in [0.25, 0.3) is 6.08 Å². The second-order valence-electron chi connectivity index (χ2n) is 3.50. The van der Waals surface area contributed by atoms with E-state index in [0.717, 1.165) is 19.3 Å². The van der Waals surface area contributed by atoms with Crippen molar-refractivity contribution in [1.29, 1.82) is 0 Å². The number of hydrogen-bond acceptors (Lipinski definition) is 3. The maximum atomic E-state index is 11.4. The third-order valence-corrected chi connectivity index (χ3v) is 3.46. The van der Waals surface area contributed by atoms with E-state index < -0.39 is 16.6 Å². The molecular weight excluding hydrogens is 214 g/mol. The molecule has 0 aliphatic carbocycles. The summed E-state index contributed by atoms with van der Waals surface area (Å²) < 4.78 is 17.8. The first kappa shape index (κ1) is 10.4. The van der Waals surface area contributed by atoms with Crippen LogP contribution in [0.3, 0.4) is 0 Å². The predicted octanol–water partition coefficient (Wildman–Crippen LogP) is 1.72. The van der Waals surface area contributed by atoms with Crippen LogP contribution >= 0.6 is 0 Å². The van der Waals surface area contributed by atoms with Gasteiger partial charge in [0.15, 0.2) is 0 Å². The Kier molecular flexibility index (Phi) is 2.90. The average molecular weight is 227 g/mol. The Morgan fingerprint density at radius 2 is 2.27 bits per heavy atom. The van der Waals surface area contributed by atoms with E-state index in [2.05, 4.69) is 6.92 Å². The highest BCUT2D eigenvalue weighted by atomic mass is 32.2. The molecule has 0 spiro atoms. The van der Waals surface area contributed by atoms with Crippen LogP contribution < -0.4 is 5.76 Å². The first-order valence-electron chi connectivity index (χ1n) is 5.06. The van der Waals surface area contributed by atoms with E-state index >= 15 is 0 Å². The van der Waals surface area contributed by atoms with Gasteiger partial charge in [0, 0.05) is 12.0 Å². The topological polar surface area (TPSA) is 52.2 Å². The van der Waals surface area contributed by atoms with Gasteiger partial charge in [0.1, 0.15) is 16.5 Å². The van der Waals surface area contributed by atoms with E-state index in [0.29, 0.717) is 17.3 Å². The van der Waals surface area contributed by atoms with Gasteiger partial charge in [0.2, 0.25) is 5.09 Å². The third-order valence-electron chi connectivity index (χ3n) is 2.42. The van der Waals surface area contributed by atoms with Crippen molar-refractivity contribution in [1.82, 2.24) is 4.57 Å². The van der Waals surface area contributed by atoms with E-state index in [1.165, 1.54) is 0 Å². The Morgan fingerprint density at radius 3 is 3.00 bits per heavy atom. The number of hydrogen-bond donors (Lipinski definition) is 0. The van der Waals surface area contributed by atoms with Crippen LogP contribution in [0.4, 0.5) is 0 Å². The zero-order valence-electron chi connectivity index (χ0n) is 8.56. The zero-order valence-corrected chi connectivity index (χ0v) is 9.38. The van der Waals surface area contributed by atoms with E-state index in [9.17, 15) is 9.00 Å². The fourth-order valence-electron chi connectivity index (χ4n) is 1.62. The number of rotatable bonds is 4. The van der Waals surface area contributed by atoms with Gasteiger partial charge in [0.25, 0.3) is 0 Å². The molecule has 0 amide bonds. The first-order valence-corrected chi connectivity index (χ1v) is 6.27. The summed E-state index contributed by atoms with van der Waals surface area (Å²) in [6.07, 6.45) is 4.83. The monoisotopic (exact) mass is 227 g/mol. The molecule has 5 heteroatoms. The van der Waals surface area contributed by atoms with Crippen molar-refractivity contribution in [2.45, 2.75) is 37.8 Å². The Bertz CT molecular complexity index is 470. The molecule has 4 nitrogen and oxygen atoms in total. The van der Waals surface area contributed by atoms with E-state index in [1.54, 1.807) is 16.1 Å². The van der Waals surface area contributed by atoms with E-state index in [-0.39, 0.29) is 0 Å². The minimum atomic E-state index is -1.26.